The van der Waals surface area contributed by atoms with Crippen molar-refractivity contribution in [2.75, 3.05) is 13.1 Å². The van der Waals surface area contributed by atoms with E-state index in [2.05, 4.69) is 14.8 Å². The average Bonchev–Trinajstić information content (AvgIpc) is 3.19. The maximum Gasteiger partial charge on any atom is 0.227 e. The van der Waals surface area contributed by atoms with E-state index < -0.39 is 0 Å². The van der Waals surface area contributed by atoms with Crippen LogP contribution in [0.2, 0.25) is 5.02 Å². The van der Waals surface area contributed by atoms with Gasteiger partial charge >= 0.3 is 0 Å². The molecule has 3 fully saturated rings. The first-order valence-corrected chi connectivity index (χ1v) is 9.95. The number of halogens is 1. The van der Waals surface area contributed by atoms with Crippen LogP contribution < -0.4 is 0 Å². The van der Waals surface area contributed by atoms with Crippen LogP contribution in [0.5, 0.6) is 0 Å². The summed E-state index contributed by atoms with van der Waals surface area (Å²) in [6.07, 6.45) is 8.32. The number of carbonyl (C=O) groups is 1. The molecule has 1 amide bonds. The third kappa shape index (κ3) is 2.64. The fourth-order valence-corrected chi connectivity index (χ4v) is 4.91. The molecule has 1 aliphatic heterocycles. The zero-order valence-corrected chi connectivity index (χ0v) is 15.5. The number of nitrogens with zero attached hydrogens (tertiary/aromatic N) is 4. The van der Waals surface area contributed by atoms with Gasteiger partial charge in [-0.3, -0.25) is 4.79 Å². The van der Waals surface area contributed by atoms with Gasteiger partial charge in [-0.2, -0.15) is 0 Å². The van der Waals surface area contributed by atoms with Gasteiger partial charge < -0.3 is 9.47 Å². The van der Waals surface area contributed by atoms with Crippen LogP contribution in [0.4, 0.5) is 0 Å². The van der Waals surface area contributed by atoms with E-state index in [-0.39, 0.29) is 11.3 Å². The highest BCUT2D eigenvalue weighted by Gasteiger charge is 2.54. The summed E-state index contributed by atoms with van der Waals surface area (Å²) in [5.41, 5.74) is 1.11. The molecular weight excluding hydrogens is 348 g/mol. The Bertz CT molecular complexity index is 840. The quantitative estimate of drug-likeness (QED) is 0.826. The number of rotatable bonds is 4. The minimum Gasteiger partial charge on any atom is -0.341 e. The van der Waals surface area contributed by atoms with Crippen LogP contribution in [-0.4, -0.2) is 38.7 Å². The van der Waals surface area contributed by atoms with Gasteiger partial charge in [-0.05, 0) is 42.7 Å². The molecule has 1 unspecified atom stereocenters. The Morgan fingerprint density at radius 1 is 1.27 bits per heavy atom. The molecule has 0 N–H and O–H groups in total. The lowest BCUT2D eigenvalue weighted by molar-refractivity contribution is -0.130. The maximum atomic E-state index is 13.0. The summed E-state index contributed by atoms with van der Waals surface area (Å²) in [5, 5.41) is 9.35. The largest absolute Gasteiger partial charge is 0.341 e. The molecule has 0 radical (unpaired) electrons. The first-order chi connectivity index (χ1) is 12.7. The van der Waals surface area contributed by atoms with Gasteiger partial charge in [0.1, 0.15) is 12.2 Å². The van der Waals surface area contributed by atoms with Crippen molar-refractivity contribution in [3.63, 3.8) is 0 Å². The number of amides is 1. The Morgan fingerprint density at radius 2 is 2.08 bits per heavy atom. The molecular formula is C20H23ClN4O. The minimum atomic E-state index is 0.171. The standard InChI is InChI=1S/C20H23ClN4O/c21-17-5-2-1-4-14(17)10-18(26)24-11-16(20(12-24)8-3-9-20)19-23-22-13-25(19)15-6-7-15/h1-2,4-5,13,15-16H,3,6-12H2. The van der Waals surface area contributed by atoms with E-state index in [1.807, 2.05) is 35.5 Å². The highest BCUT2D eigenvalue weighted by molar-refractivity contribution is 6.31. The molecule has 26 heavy (non-hydrogen) atoms. The van der Waals surface area contributed by atoms with Gasteiger partial charge in [-0.1, -0.05) is 36.2 Å². The smallest absolute Gasteiger partial charge is 0.227 e. The molecule has 6 heteroatoms. The average molecular weight is 371 g/mol. The van der Waals surface area contributed by atoms with Gasteiger partial charge in [0.05, 0.1) is 6.42 Å². The number of benzene rings is 1. The van der Waals surface area contributed by atoms with Crippen LogP contribution >= 0.6 is 11.6 Å². The second-order valence-corrected chi connectivity index (χ2v) is 8.55. The Balaban J connectivity index is 1.38. The molecule has 2 aromatic rings. The fourth-order valence-electron chi connectivity index (χ4n) is 4.70. The van der Waals surface area contributed by atoms with Crippen molar-refractivity contribution in [3.05, 3.63) is 47.0 Å². The molecule has 136 valence electrons. The Hall–Kier alpha value is -1.88. The van der Waals surface area contributed by atoms with Crippen molar-refractivity contribution in [1.29, 1.82) is 0 Å². The van der Waals surface area contributed by atoms with Gasteiger partial charge in [0.2, 0.25) is 5.91 Å². The molecule has 0 bridgehead atoms. The molecule has 1 atom stereocenters. The monoisotopic (exact) mass is 370 g/mol. The summed E-state index contributed by atoms with van der Waals surface area (Å²) in [6, 6.07) is 8.20. The van der Waals surface area contributed by atoms with Gasteiger partial charge in [0, 0.05) is 30.1 Å². The Kier molecular flexibility index (Phi) is 3.82. The summed E-state index contributed by atoms with van der Waals surface area (Å²) in [6.45, 7) is 1.60. The lowest BCUT2D eigenvalue weighted by Crippen LogP contribution is -2.38. The lowest BCUT2D eigenvalue weighted by atomic mass is 9.62. The first kappa shape index (κ1) is 16.3. The van der Waals surface area contributed by atoms with E-state index in [4.69, 9.17) is 11.6 Å². The molecule has 1 aromatic heterocycles. The van der Waals surface area contributed by atoms with Gasteiger partial charge in [-0.25, -0.2) is 0 Å². The third-order valence-corrected chi connectivity index (χ3v) is 6.87. The molecule has 1 spiro atoms. The number of likely N-dealkylation sites (tertiary alicyclic amines) is 1. The molecule has 5 rings (SSSR count). The summed E-state index contributed by atoms with van der Waals surface area (Å²) >= 11 is 6.25. The van der Waals surface area contributed by atoms with E-state index in [0.717, 1.165) is 24.5 Å². The van der Waals surface area contributed by atoms with Crippen LogP contribution in [-0.2, 0) is 11.2 Å². The van der Waals surface area contributed by atoms with Crippen molar-refractivity contribution < 1.29 is 4.79 Å². The number of carbonyl (C=O) groups excluding carboxylic acids is 1. The first-order valence-electron chi connectivity index (χ1n) is 9.57. The molecule has 2 heterocycles. The predicted molar refractivity (Wildman–Crippen MR) is 99.1 cm³/mol. The topological polar surface area (TPSA) is 51.0 Å². The van der Waals surface area contributed by atoms with Crippen molar-refractivity contribution in [2.45, 2.75) is 50.5 Å². The van der Waals surface area contributed by atoms with Crippen molar-refractivity contribution in [2.24, 2.45) is 5.41 Å². The Morgan fingerprint density at radius 3 is 2.77 bits per heavy atom. The zero-order valence-electron chi connectivity index (χ0n) is 14.8. The van der Waals surface area contributed by atoms with Crippen LogP contribution in [0.1, 0.15) is 55.5 Å². The van der Waals surface area contributed by atoms with Gasteiger partial charge in [0.25, 0.3) is 0 Å². The second kappa shape index (κ2) is 6.08. The molecule has 2 saturated carbocycles. The maximum absolute atomic E-state index is 13.0. The zero-order chi connectivity index (χ0) is 17.7. The summed E-state index contributed by atoms with van der Waals surface area (Å²) in [5.74, 6) is 1.58. The van der Waals surface area contributed by atoms with Crippen LogP contribution in [0, 0.1) is 5.41 Å². The molecule has 5 nitrogen and oxygen atoms in total. The molecule has 1 aromatic carbocycles. The van der Waals surface area contributed by atoms with Crippen LogP contribution in [0.25, 0.3) is 0 Å². The van der Waals surface area contributed by atoms with E-state index >= 15 is 0 Å². The van der Waals surface area contributed by atoms with Crippen LogP contribution in [0.15, 0.2) is 30.6 Å². The molecule has 3 aliphatic rings. The van der Waals surface area contributed by atoms with E-state index in [0.29, 0.717) is 23.4 Å². The van der Waals surface area contributed by atoms with Gasteiger partial charge in [-0.15, -0.1) is 10.2 Å². The van der Waals surface area contributed by atoms with Crippen molar-refractivity contribution in [3.8, 4) is 0 Å². The lowest BCUT2D eigenvalue weighted by Gasteiger charge is -2.42. The third-order valence-electron chi connectivity index (χ3n) is 6.50. The van der Waals surface area contributed by atoms with Crippen molar-refractivity contribution >= 4 is 17.5 Å². The summed E-state index contributed by atoms with van der Waals surface area (Å²) < 4.78 is 2.27. The predicted octanol–water partition coefficient (Wildman–Crippen LogP) is 3.61. The highest BCUT2D eigenvalue weighted by atomic mass is 35.5. The van der Waals surface area contributed by atoms with E-state index in [9.17, 15) is 4.79 Å². The fraction of sp³-hybridized carbons (Fsp3) is 0.550. The summed E-state index contributed by atoms with van der Waals surface area (Å²) in [7, 11) is 0. The molecule has 1 saturated heterocycles. The van der Waals surface area contributed by atoms with E-state index in [1.165, 1.54) is 32.1 Å². The molecule has 2 aliphatic carbocycles. The van der Waals surface area contributed by atoms with Crippen molar-refractivity contribution in [1.82, 2.24) is 19.7 Å². The number of hydrogen-bond donors (Lipinski definition) is 0. The second-order valence-electron chi connectivity index (χ2n) is 8.14. The highest BCUT2D eigenvalue weighted by Crippen LogP contribution is 2.56. The normalized spacial score (nSPS) is 24.0. The van der Waals surface area contributed by atoms with Crippen LogP contribution in [0.3, 0.4) is 0 Å². The number of aromatic nitrogens is 3. The van der Waals surface area contributed by atoms with Gasteiger partial charge in [0.15, 0.2) is 0 Å². The summed E-state index contributed by atoms with van der Waals surface area (Å²) in [4.78, 5) is 15.0. The van der Waals surface area contributed by atoms with E-state index in [1.54, 1.807) is 0 Å². The SMILES string of the molecule is O=C(Cc1ccccc1Cl)N1CC(c2nncn2C2CC2)C2(CCC2)C1. The number of hydrogen-bond acceptors (Lipinski definition) is 3. The minimum absolute atomic E-state index is 0.171. The Labute approximate surface area is 158 Å².